The summed E-state index contributed by atoms with van der Waals surface area (Å²) in [6.45, 7) is 3.92. The van der Waals surface area contributed by atoms with Gasteiger partial charge in [-0.05, 0) is 49.1 Å². The molecule has 0 saturated heterocycles. The molecule has 106 valence electrons. The van der Waals surface area contributed by atoms with Crippen LogP contribution in [0.25, 0.3) is 0 Å². The molecule has 0 aliphatic carbocycles. The monoisotopic (exact) mass is 271 g/mol. The third-order valence-electron chi connectivity index (χ3n) is 3.21. The van der Waals surface area contributed by atoms with Crippen molar-refractivity contribution >= 4 is 0 Å². The first kappa shape index (κ1) is 14.5. The molecular formula is C17H21NO2. The maximum absolute atomic E-state index is 9.55. The molecule has 0 radical (unpaired) electrons. The second-order valence-electron chi connectivity index (χ2n) is 4.95. The molecule has 1 aromatic heterocycles. The molecule has 1 atom stereocenters. The van der Waals surface area contributed by atoms with Crippen LogP contribution in [-0.4, -0.2) is 10.1 Å². The van der Waals surface area contributed by atoms with Crippen molar-refractivity contribution in [1.29, 1.82) is 0 Å². The van der Waals surface area contributed by atoms with Gasteiger partial charge < -0.3 is 9.84 Å². The molecule has 3 heteroatoms. The molecule has 0 spiro atoms. The lowest BCUT2D eigenvalue weighted by Crippen LogP contribution is -1.94. The summed E-state index contributed by atoms with van der Waals surface area (Å²) in [4.78, 5) is 4.16. The van der Waals surface area contributed by atoms with Crippen molar-refractivity contribution in [2.75, 3.05) is 0 Å². The molecule has 0 unspecified atom stereocenters. The van der Waals surface area contributed by atoms with Crippen molar-refractivity contribution in [2.24, 2.45) is 0 Å². The Morgan fingerprint density at radius 3 is 2.60 bits per heavy atom. The Morgan fingerprint density at radius 1 is 1.20 bits per heavy atom. The van der Waals surface area contributed by atoms with Gasteiger partial charge in [0, 0.05) is 12.3 Å². The fourth-order valence-corrected chi connectivity index (χ4v) is 1.97. The topological polar surface area (TPSA) is 42.4 Å². The number of ether oxygens (including phenoxy) is 1. The van der Waals surface area contributed by atoms with E-state index in [-0.39, 0.29) is 0 Å². The van der Waals surface area contributed by atoms with Gasteiger partial charge >= 0.3 is 0 Å². The van der Waals surface area contributed by atoms with Crippen LogP contribution >= 0.6 is 0 Å². The number of rotatable bonds is 6. The van der Waals surface area contributed by atoms with Crippen LogP contribution < -0.4 is 4.74 Å². The number of aromatic nitrogens is 1. The molecule has 1 N–H and O–H groups in total. The number of hydrogen-bond donors (Lipinski definition) is 1. The normalized spacial score (nSPS) is 12.2. The number of hydrogen-bond acceptors (Lipinski definition) is 3. The smallest absolute Gasteiger partial charge is 0.219 e. The lowest BCUT2D eigenvalue weighted by atomic mass is 10.1. The molecule has 0 fully saturated rings. The van der Waals surface area contributed by atoms with Crippen LogP contribution in [0.5, 0.6) is 11.6 Å². The van der Waals surface area contributed by atoms with E-state index in [0.29, 0.717) is 5.88 Å². The van der Waals surface area contributed by atoms with Crippen molar-refractivity contribution in [2.45, 2.75) is 39.2 Å². The van der Waals surface area contributed by atoms with Crippen LogP contribution in [0.1, 0.15) is 43.9 Å². The Morgan fingerprint density at radius 2 is 1.95 bits per heavy atom. The third kappa shape index (κ3) is 4.07. The zero-order valence-electron chi connectivity index (χ0n) is 12.0. The van der Waals surface area contributed by atoms with Gasteiger partial charge in [-0.25, -0.2) is 4.98 Å². The molecule has 0 aliphatic rings. The number of unbranched alkanes of at least 4 members (excludes halogenated alkanes) is 1. The summed E-state index contributed by atoms with van der Waals surface area (Å²) in [5.74, 6) is 1.27. The highest BCUT2D eigenvalue weighted by atomic mass is 16.5. The third-order valence-corrected chi connectivity index (χ3v) is 3.21. The van der Waals surface area contributed by atoms with Gasteiger partial charge in [-0.2, -0.15) is 0 Å². The molecule has 0 saturated carbocycles. The largest absolute Gasteiger partial charge is 0.439 e. The lowest BCUT2D eigenvalue weighted by Gasteiger charge is -2.08. The number of aryl methyl sites for hydroxylation is 1. The van der Waals surface area contributed by atoms with E-state index in [0.717, 1.165) is 17.7 Å². The first-order chi connectivity index (χ1) is 9.69. The van der Waals surface area contributed by atoms with Crippen LogP contribution in [0.3, 0.4) is 0 Å². The maximum atomic E-state index is 9.55. The minimum absolute atomic E-state index is 0.504. The summed E-state index contributed by atoms with van der Waals surface area (Å²) in [6.07, 6.45) is 4.64. The number of aliphatic hydroxyl groups is 1. The highest BCUT2D eigenvalue weighted by Crippen LogP contribution is 2.23. The lowest BCUT2D eigenvalue weighted by molar-refractivity contribution is 0.198. The first-order valence-corrected chi connectivity index (χ1v) is 7.10. The fraction of sp³-hybridized carbons (Fsp3) is 0.353. The predicted octanol–water partition coefficient (Wildman–Crippen LogP) is 4.27. The molecule has 0 amide bonds. The van der Waals surface area contributed by atoms with E-state index in [1.165, 1.54) is 18.4 Å². The van der Waals surface area contributed by atoms with Crippen LogP contribution in [-0.2, 0) is 6.42 Å². The van der Waals surface area contributed by atoms with Gasteiger partial charge in [0.25, 0.3) is 0 Å². The Labute approximate surface area is 120 Å². The second kappa shape index (κ2) is 7.06. The summed E-state index contributed by atoms with van der Waals surface area (Å²) in [5, 5.41) is 9.55. The van der Waals surface area contributed by atoms with Crippen molar-refractivity contribution in [3.8, 4) is 11.6 Å². The van der Waals surface area contributed by atoms with E-state index in [2.05, 4.69) is 24.0 Å². The average molecular weight is 271 g/mol. The Kier molecular flexibility index (Phi) is 5.13. The minimum atomic E-state index is -0.517. The molecule has 20 heavy (non-hydrogen) atoms. The number of pyridine rings is 1. The molecular weight excluding hydrogens is 250 g/mol. The van der Waals surface area contributed by atoms with E-state index in [1.54, 1.807) is 25.3 Å². The second-order valence-corrected chi connectivity index (χ2v) is 4.95. The van der Waals surface area contributed by atoms with Crippen LogP contribution in [0.15, 0.2) is 42.6 Å². The van der Waals surface area contributed by atoms with E-state index >= 15 is 0 Å². The predicted molar refractivity (Wildman–Crippen MR) is 80.0 cm³/mol. The summed E-state index contributed by atoms with van der Waals surface area (Å²) in [7, 11) is 0. The summed E-state index contributed by atoms with van der Waals surface area (Å²) in [6, 6.07) is 11.6. The standard InChI is InChI=1S/C17H21NO2/c1-3-4-5-14-6-8-16(9-7-14)20-17-12-15(13(2)19)10-11-18-17/h6-13,19H,3-5H2,1-2H3/t13-/m1/s1. The molecule has 3 nitrogen and oxygen atoms in total. The highest BCUT2D eigenvalue weighted by Gasteiger charge is 2.04. The molecule has 2 aromatic rings. The Balaban J connectivity index is 2.04. The summed E-state index contributed by atoms with van der Waals surface area (Å²) in [5.41, 5.74) is 2.12. The highest BCUT2D eigenvalue weighted by molar-refractivity contribution is 5.32. The van der Waals surface area contributed by atoms with Crippen molar-refractivity contribution in [1.82, 2.24) is 4.98 Å². The first-order valence-electron chi connectivity index (χ1n) is 7.10. The molecule has 1 aromatic carbocycles. The zero-order chi connectivity index (χ0) is 14.4. The number of benzene rings is 1. The minimum Gasteiger partial charge on any atom is -0.439 e. The van der Waals surface area contributed by atoms with Gasteiger partial charge in [0.05, 0.1) is 6.10 Å². The van der Waals surface area contributed by atoms with E-state index in [4.69, 9.17) is 4.74 Å². The van der Waals surface area contributed by atoms with Gasteiger partial charge in [0.15, 0.2) is 0 Å². The number of aliphatic hydroxyl groups excluding tert-OH is 1. The van der Waals surface area contributed by atoms with Crippen molar-refractivity contribution < 1.29 is 9.84 Å². The Hall–Kier alpha value is -1.87. The van der Waals surface area contributed by atoms with Crippen LogP contribution in [0.2, 0.25) is 0 Å². The molecule has 0 aliphatic heterocycles. The summed E-state index contributed by atoms with van der Waals surface area (Å²) < 4.78 is 5.71. The van der Waals surface area contributed by atoms with Gasteiger partial charge in [-0.15, -0.1) is 0 Å². The fourth-order valence-electron chi connectivity index (χ4n) is 1.97. The SMILES string of the molecule is CCCCc1ccc(Oc2cc([C@@H](C)O)ccn2)cc1. The van der Waals surface area contributed by atoms with Crippen LogP contribution in [0, 0.1) is 0 Å². The van der Waals surface area contributed by atoms with Crippen molar-refractivity contribution in [3.05, 3.63) is 53.7 Å². The van der Waals surface area contributed by atoms with Crippen molar-refractivity contribution in [3.63, 3.8) is 0 Å². The summed E-state index contributed by atoms with van der Waals surface area (Å²) >= 11 is 0. The van der Waals surface area contributed by atoms with Gasteiger partial charge in [0.1, 0.15) is 5.75 Å². The van der Waals surface area contributed by atoms with Gasteiger partial charge in [-0.1, -0.05) is 25.5 Å². The zero-order valence-corrected chi connectivity index (χ0v) is 12.0. The molecule has 1 heterocycles. The number of nitrogens with zero attached hydrogens (tertiary/aromatic N) is 1. The molecule has 2 rings (SSSR count). The van der Waals surface area contributed by atoms with E-state index < -0.39 is 6.10 Å². The van der Waals surface area contributed by atoms with Gasteiger partial charge in [-0.3, -0.25) is 0 Å². The average Bonchev–Trinajstić information content (AvgIpc) is 2.47. The maximum Gasteiger partial charge on any atom is 0.219 e. The Bertz CT molecular complexity index is 535. The molecule has 0 bridgehead atoms. The van der Waals surface area contributed by atoms with Gasteiger partial charge in [0.2, 0.25) is 5.88 Å². The van der Waals surface area contributed by atoms with Crippen LogP contribution in [0.4, 0.5) is 0 Å². The quantitative estimate of drug-likeness (QED) is 0.853. The van der Waals surface area contributed by atoms with E-state index in [1.807, 2.05) is 12.1 Å². The van der Waals surface area contributed by atoms with E-state index in [9.17, 15) is 5.11 Å².